The Hall–Kier alpha value is -3.19. The first-order valence-electron chi connectivity index (χ1n) is 8.73. The van der Waals surface area contributed by atoms with Crippen molar-refractivity contribution in [2.45, 2.75) is 18.6 Å². The summed E-state index contributed by atoms with van der Waals surface area (Å²) in [7, 11) is 0. The number of nitrogens with two attached hydrogens (primary N) is 1. The quantitative estimate of drug-likeness (QED) is 0.559. The summed E-state index contributed by atoms with van der Waals surface area (Å²) in [5.74, 6) is 0. The Morgan fingerprint density at radius 1 is 0.964 bits per heavy atom. The van der Waals surface area contributed by atoms with E-state index < -0.39 is 11.7 Å². The molecule has 0 aliphatic heterocycles. The number of fused-ring (bicyclic) bond motifs is 1. The Morgan fingerprint density at radius 3 is 2.36 bits per heavy atom. The van der Waals surface area contributed by atoms with Crippen LogP contribution < -0.4 is 5.73 Å². The number of hydrogen-bond acceptors (Lipinski definition) is 3. The summed E-state index contributed by atoms with van der Waals surface area (Å²) in [4.78, 5) is 4.36. The van der Waals surface area contributed by atoms with Crippen LogP contribution in [0.5, 0.6) is 0 Å². The Balaban J connectivity index is 1.69. The summed E-state index contributed by atoms with van der Waals surface area (Å²) < 4.78 is 40.0. The minimum Gasteiger partial charge on any atom is -0.322 e. The lowest BCUT2D eigenvalue weighted by atomic mass is 10.0. The summed E-state index contributed by atoms with van der Waals surface area (Å²) in [5.41, 5.74) is 9.42. The molecule has 2 aromatic carbocycles. The monoisotopic (exact) mass is 382 g/mol. The molecule has 2 heterocycles. The van der Waals surface area contributed by atoms with Crippen LogP contribution in [-0.2, 0) is 12.6 Å². The Kier molecular flexibility index (Phi) is 4.60. The van der Waals surface area contributed by atoms with Gasteiger partial charge in [0.1, 0.15) is 0 Å². The highest BCUT2D eigenvalue weighted by Crippen LogP contribution is 2.32. The maximum Gasteiger partial charge on any atom is 0.416 e. The summed E-state index contributed by atoms with van der Waals surface area (Å²) in [6.45, 7) is 0. The van der Waals surface area contributed by atoms with Gasteiger partial charge in [-0.2, -0.15) is 18.3 Å². The van der Waals surface area contributed by atoms with Crippen LogP contribution in [0.4, 0.5) is 13.2 Å². The van der Waals surface area contributed by atoms with E-state index >= 15 is 0 Å². The van der Waals surface area contributed by atoms with E-state index in [4.69, 9.17) is 5.73 Å². The van der Waals surface area contributed by atoms with Crippen LogP contribution >= 0.6 is 0 Å². The number of halogens is 3. The molecule has 4 aromatic rings. The molecule has 0 aliphatic rings. The van der Waals surface area contributed by atoms with Gasteiger partial charge >= 0.3 is 6.18 Å². The van der Waals surface area contributed by atoms with Crippen molar-refractivity contribution in [2.75, 3.05) is 0 Å². The number of benzene rings is 2. The van der Waals surface area contributed by atoms with E-state index in [1.807, 2.05) is 36.4 Å². The van der Waals surface area contributed by atoms with Crippen molar-refractivity contribution in [3.8, 4) is 11.1 Å². The van der Waals surface area contributed by atoms with Crippen LogP contribution in [0, 0.1) is 0 Å². The average Bonchev–Trinajstić information content (AvgIpc) is 3.12. The third kappa shape index (κ3) is 3.48. The van der Waals surface area contributed by atoms with Crippen molar-refractivity contribution in [3.05, 3.63) is 89.9 Å². The minimum absolute atomic E-state index is 0.298. The molecule has 0 amide bonds. The second-order valence-corrected chi connectivity index (χ2v) is 6.53. The third-order valence-electron chi connectivity index (χ3n) is 4.63. The van der Waals surface area contributed by atoms with Gasteiger partial charge in [-0.1, -0.05) is 42.5 Å². The fourth-order valence-corrected chi connectivity index (χ4v) is 3.21. The van der Waals surface area contributed by atoms with Gasteiger partial charge in [0.25, 0.3) is 0 Å². The van der Waals surface area contributed by atoms with Crippen LogP contribution in [0.2, 0.25) is 0 Å². The van der Waals surface area contributed by atoms with Crippen molar-refractivity contribution in [1.29, 1.82) is 0 Å². The van der Waals surface area contributed by atoms with Crippen LogP contribution in [0.25, 0.3) is 16.8 Å². The molecule has 0 saturated carbocycles. The van der Waals surface area contributed by atoms with E-state index in [9.17, 15) is 13.2 Å². The van der Waals surface area contributed by atoms with Gasteiger partial charge in [0.2, 0.25) is 0 Å². The summed E-state index contributed by atoms with van der Waals surface area (Å²) >= 11 is 0. The topological polar surface area (TPSA) is 56.2 Å². The fourth-order valence-electron chi connectivity index (χ4n) is 3.21. The number of nitrogens with zero attached hydrogens (tertiary/aromatic N) is 3. The highest BCUT2D eigenvalue weighted by Gasteiger charge is 2.30. The zero-order chi connectivity index (χ0) is 19.7. The molecule has 0 spiro atoms. The lowest BCUT2D eigenvalue weighted by molar-refractivity contribution is -0.137. The van der Waals surface area contributed by atoms with Gasteiger partial charge in [-0.05, 0) is 35.7 Å². The summed E-state index contributed by atoms with van der Waals surface area (Å²) in [6.07, 6.45) is -0.487. The van der Waals surface area contributed by atoms with Gasteiger partial charge in [0, 0.05) is 11.8 Å². The van der Waals surface area contributed by atoms with E-state index in [0.29, 0.717) is 23.2 Å². The molecule has 1 atom stereocenters. The Bertz CT molecular complexity index is 1090. The predicted octanol–water partition coefficient (Wildman–Crippen LogP) is 4.66. The predicted molar refractivity (Wildman–Crippen MR) is 100 cm³/mol. The zero-order valence-electron chi connectivity index (χ0n) is 14.8. The van der Waals surface area contributed by atoms with E-state index in [0.717, 1.165) is 23.4 Å². The highest BCUT2D eigenvalue weighted by atomic mass is 19.4. The fraction of sp³-hybridized carbons (Fsp3) is 0.143. The van der Waals surface area contributed by atoms with Gasteiger partial charge < -0.3 is 5.73 Å². The summed E-state index contributed by atoms with van der Waals surface area (Å²) in [6, 6.07) is 16.4. The smallest absolute Gasteiger partial charge is 0.322 e. The highest BCUT2D eigenvalue weighted by molar-refractivity contribution is 5.77. The number of alkyl halides is 3. The Labute approximate surface area is 159 Å². The van der Waals surface area contributed by atoms with Gasteiger partial charge in [0.15, 0.2) is 5.65 Å². The second-order valence-electron chi connectivity index (χ2n) is 6.53. The van der Waals surface area contributed by atoms with Crippen molar-refractivity contribution >= 4 is 5.65 Å². The number of aromatic nitrogens is 3. The molecule has 4 nitrogen and oxygen atoms in total. The molecular formula is C21H17F3N4. The van der Waals surface area contributed by atoms with Gasteiger partial charge in [-0.15, -0.1) is 0 Å². The maximum atomic E-state index is 12.8. The van der Waals surface area contributed by atoms with Crippen molar-refractivity contribution in [3.63, 3.8) is 0 Å². The number of rotatable bonds is 4. The van der Waals surface area contributed by atoms with Crippen LogP contribution in [0.3, 0.4) is 0 Å². The summed E-state index contributed by atoms with van der Waals surface area (Å²) in [5, 5.41) is 4.38. The molecule has 2 N–H and O–H groups in total. The SMILES string of the molecule is N[C@H](Cc1ccccc1)c1ccnc2c(-c3ccc(C(F)(F)F)cc3)cnn12. The third-order valence-corrected chi connectivity index (χ3v) is 4.63. The molecule has 0 aliphatic carbocycles. The average molecular weight is 382 g/mol. The largest absolute Gasteiger partial charge is 0.416 e. The van der Waals surface area contributed by atoms with E-state index in [1.165, 1.54) is 12.1 Å². The normalized spacial score (nSPS) is 13.0. The standard InChI is InChI=1S/C21H17F3N4/c22-21(23,24)16-8-6-15(7-9-16)17-13-27-28-19(10-11-26-20(17)28)18(25)12-14-4-2-1-3-5-14/h1-11,13,18H,12,25H2/t18-/m1/s1. The number of hydrogen-bond donors (Lipinski definition) is 1. The van der Waals surface area contributed by atoms with Gasteiger partial charge in [-0.25, -0.2) is 9.50 Å². The molecule has 0 saturated heterocycles. The second kappa shape index (κ2) is 7.09. The molecule has 0 radical (unpaired) electrons. The first-order valence-corrected chi connectivity index (χ1v) is 8.73. The first kappa shape index (κ1) is 18.2. The zero-order valence-corrected chi connectivity index (χ0v) is 14.8. The van der Waals surface area contributed by atoms with Gasteiger partial charge in [-0.3, -0.25) is 0 Å². The van der Waals surface area contributed by atoms with Gasteiger partial charge in [0.05, 0.1) is 23.5 Å². The molecule has 28 heavy (non-hydrogen) atoms. The molecule has 2 aromatic heterocycles. The molecule has 7 heteroatoms. The van der Waals surface area contributed by atoms with Crippen LogP contribution in [0.1, 0.15) is 22.9 Å². The van der Waals surface area contributed by atoms with E-state index in [1.54, 1.807) is 16.9 Å². The van der Waals surface area contributed by atoms with Crippen molar-refractivity contribution in [2.24, 2.45) is 5.73 Å². The van der Waals surface area contributed by atoms with Crippen LogP contribution in [0.15, 0.2) is 73.1 Å². The lowest BCUT2D eigenvalue weighted by Crippen LogP contribution is -2.17. The van der Waals surface area contributed by atoms with Crippen molar-refractivity contribution < 1.29 is 13.2 Å². The minimum atomic E-state index is -4.37. The first-order chi connectivity index (χ1) is 13.4. The molecule has 4 rings (SSSR count). The molecule has 0 unspecified atom stereocenters. The molecular weight excluding hydrogens is 365 g/mol. The maximum absolute atomic E-state index is 12.8. The van der Waals surface area contributed by atoms with Crippen LogP contribution in [-0.4, -0.2) is 14.6 Å². The van der Waals surface area contributed by atoms with E-state index in [2.05, 4.69) is 10.1 Å². The molecule has 142 valence electrons. The molecule has 0 bridgehead atoms. The Morgan fingerprint density at radius 2 is 1.68 bits per heavy atom. The van der Waals surface area contributed by atoms with Crippen molar-refractivity contribution in [1.82, 2.24) is 14.6 Å². The lowest BCUT2D eigenvalue weighted by Gasteiger charge is -2.13. The van der Waals surface area contributed by atoms with E-state index in [-0.39, 0.29) is 6.04 Å². The molecule has 0 fully saturated rings.